The Labute approximate surface area is 105 Å². The lowest BCUT2D eigenvalue weighted by atomic mass is 9.96. The van der Waals surface area contributed by atoms with E-state index in [9.17, 15) is 0 Å². The second-order valence-corrected chi connectivity index (χ2v) is 5.55. The van der Waals surface area contributed by atoms with E-state index in [-0.39, 0.29) is 5.54 Å². The summed E-state index contributed by atoms with van der Waals surface area (Å²) < 4.78 is 10.4. The molecular formula is C13H28N2O2. The summed E-state index contributed by atoms with van der Waals surface area (Å²) in [5, 5.41) is 0. The van der Waals surface area contributed by atoms with Gasteiger partial charge >= 0.3 is 0 Å². The van der Waals surface area contributed by atoms with Crippen LogP contribution in [0.25, 0.3) is 0 Å². The van der Waals surface area contributed by atoms with Crippen LogP contribution in [-0.2, 0) is 9.47 Å². The van der Waals surface area contributed by atoms with Crippen molar-refractivity contribution in [1.29, 1.82) is 0 Å². The van der Waals surface area contributed by atoms with Crippen LogP contribution in [-0.4, -0.2) is 57.0 Å². The largest absolute Gasteiger partial charge is 0.383 e. The van der Waals surface area contributed by atoms with Gasteiger partial charge < -0.3 is 15.2 Å². The minimum Gasteiger partial charge on any atom is -0.383 e. The lowest BCUT2D eigenvalue weighted by Crippen LogP contribution is -2.53. The van der Waals surface area contributed by atoms with Crippen molar-refractivity contribution >= 4 is 0 Å². The van der Waals surface area contributed by atoms with Crippen molar-refractivity contribution in [3.8, 4) is 0 Å². The zero-order valence-corrected chi connectivity index (χ0v) is 11.7. The summed E-state index contributed by atoms with van der Waals surface area (Å²) in [6.45, 7) is 7.68. The molecule has 0 radical (unpaired) electrons. The number of hydrogen-bond acceptors (Lipinski definition) is 4. The van der Waals surface area contributed by atoms with E-state index in [0.717, 1.165) is 26.3 Å². The highest BCUT2D eigenvalue weighted by molar-refractivity contribution is 4.97. The molecule has 4 nitrogen and oxygen atoms in total. The molecule has 0 aromatic rings. The molecule has 17 heavy (non-hydrogen) atoms. The van der Waals surface area contributed by atoms with Crippen molar-refractivity contribution in [3.05, 3.63) is 0 Å². The zero-order valence-electron chi connectivity index (χ0n) is 11.7. The highest BCUT2D eigenvalue weighted by Gasteiger charge is 2.39. The Morgan fingerprint density at radius 1 is 1.35 bits per heavy atom. The van der Waals surface area contributed by atoms with Gasteiger partial charge in [0, 0.05) is 38.9 Å². The number of nitrogens with two attached hydrogens (primary N) is 1. The van der Waals surface area contributed by atoms with Crippen LogP contribution in [0.15, 0.2) is 0 Å². The summed E-state index contributed by atoms with van der Waals surface area (Å²) >= 11 is 0. The standard InChI is InChI=1S/C13H28N2O2/c1-11(9-17-4)15(7-8-16-3)10-13(2,14)12-5-6-12/h11-12H,5-10,14H2,1-4H3. The molecule has 0 aromatic heterocycles. The van der Waals surface area contributed by atoms with Crippen LogP contribution in [0.4, 0.5) is 0 Å². The van der Waals surface area contributed by atoms with Crippen molar-refractivity contribution in [2.24, 2.45) is 11.7 Å². The quantitative estimate of drug-likeness (QED) is 0.660. The minimum atomic E-state index is -0.0737. The van der Waals surface area contributed by atoms with Crippen molar-refractivity contribution in [1.82, 2.24) is 4.90 Å². The first-order valence-electron chi connectivity index (χ1n) is 6.52. The van der Waals surface area contributed by atoms with Gasteiger partial charge in [-0.3, -0.25) is 4.90 Å². The summed E-state index contributed by atoms with van der Waals surface area (Å²) in [6.07, 6.45) is 2.56. The molecule has 102 valence electrons. The molecule has 0 spiro atoms. The van der Waals surface area contributed by atoms with Crippen LogP contribution in [0, 0.1) is 5.92 Å². The maximum atomic E-state index is 6.41. The molecule has 2 N–H and O–H groups in total. The van der Waals surface area contributed by atoms with E-state index in [2.05, 4.69) is 18.7 Å². The molecule has 0 heterocycles. The Kier molecular flexibility index (Phi) is 5.86. The summed E-state index contributed by atoms with van der Waals surface area (Å²) in [7, 11) is 3.48. The average Bonchev–Trinajstić information content (AvgIpc) is 3.08. The third-order valence-corrected chi connectivity index (χ3v) is 3.67. The summed E-state index contributed by atoms with van der Waals surface area (Å²) in [4.78, 5) is 2.38. The maximum absolute atomic E-state index is 6.41. The number of methoxy groups -OCH3 is 2. The summed E-state index contributed by atoms with van der Waals surface area (Å²) in [5.41, 5.74) is 6.33. The molecule has 1 aliphatic carbocycles. The van der Waals surface area contributed by atoms with E-state index in [1.54, 1.807) is 14.2 Å². The maximum Gasteiger partial charge on any atom is 0.0615 e. The molecule has 2 unspecified atom stereocenters. The highest BCUT2D eigenvalue weighted by atomic mass is 16.5. The number of ether oxygens (including phenoxy) is 2. The van der Waals surface area contributed by atoms with Gasteiger partial charge in [0.25, 0.3) is 0 Å². The number of hydrogen-bond donors (Lipinski definition) is 1. The summed E-state index contributed by atoms with van der Waals surface area (Å²) in [6, 6.07) is 0.386. The van der Waals surface area contributed by atoms with Gasteiger partial charge in [-0.05, 0) is 32.6 Å². The molecule has 0 aromatic carbocycles. The number of nitrogens with zero attached hydrogens (tertiary/aromatic N) is 1. The molecule has 4 heteroatoms. The smallest absolute Gasteiger partial charge is 0.0615 e. The normalized spacial score (nSPS) is 21.5. The molecule has 1 fully saturated rings. The van der Waals surface area contributed by atoms with Gasteiger partial charge in [-0.15, -0.1) is 0 Å². The van der Waals surface area contributed by atoms with Gasteiger partial charge in [0.15, 0.2) is 0 Å². The molecule has 2 atom stereocenters. The van der Waals surface area contributed by atoms with Gasteiger partial charge in [-0.1, -0.05) is 0 Å². The molecule has 0 amide bonds. The second-order valence-electron chi connectivity index (χ2n) is 5.55. The lowest BCUT2D eigenvalue weighted by molar-refractivity contribution is 0.0593. The van der Waals surface area contributed by atoms with Crippen LogP contribution >= 0.6 is 0 Å². The van der Waals surface area contributed by atoms with Gasteiger partial charge in [-0.2, -0.15) is 0 Å². The fourth-order valence-electron chi connectivity index (χ4n) is 2.32. The SMILES string of the molecule is COCCN(CC(C)(N)C1CC1)C(C)COC. The van der Waals surface area contributed by atoms with Crippen LogP contribution in [0.5, 0.6) is 0 Å². The summed E-state index contributed by atoms with van der Waals surface area (Å²) in [5.74, 6) is 0.697. The van der Waals surface area contributed by atoms with Crippen LogP contribution < -0.4 is 5.73 Å². The van der Waals surface area contributed by atoms with E-state index >= 15 is 0 Å². The predicted molar refractivity (Wildman–Crippen MR) is 70.1 cm³/mol. The van der Waals surface area contributed by atoms with Crippen molar-refractivity contribution in [3.63, 3.8) is 0 Å². The van der Waals surface area contributed by atoms with E-state index in [1.165, 1.54) is 12.8 Å². The second kappa shape index (κ2) is 6.69. The molecule has 0 aliphatic heterocycles. The fraction of sp³-hybridized carbons (Fsp3) is 1.00. The Hall–Kier alpha value is -0.160. The Bertz CT molecular complexity index is 217. The van der Waals surface area contributed by atoms with Crippen molar-refractivity contribution < 1.29 is 9.47 Å². The fourth-order valence-corrected chi connectivity index (χ4v) is 2.32. The first kappa shape index (κ1) is 14.9. The van der Waals surface area contributed by atoms with E-state index in [4.69, 9.17) is 15.2 Å². The first-order valence-corrected chi connectivity index (χ1v) is 6.52. The third-order valence-electron chi connectivity index (χ3n) is 3.67. The minimum absolute atomic E-state index is 0.0737. The van der Waals surface area contributed by atoms with Gasteiger partial charge in [0.05, 0.1) is 13.2 Å². The van der Waals surface area contributed by atoms with Gasteiger partial charge in [-0.25, -0.2) is 0 Å². The van der Waals surface area contributed by atoms with E-state index < -0.39 is 0 Å². The Morgan fingerprint density at radius 2 is 2.00 bits per heavy atom. The predicted octanol–water partition coefficient (Wildman–Crippen LogP) is 1.10. The molecule has 1 rings (SSSR count). The third kappa shape index (κ3) is 4.92. The Balaban J connectivity index is 2.48. The van der Waals surface area contributed by atoms with E-state index in [0.29, 0.717) is 12.0 Å². The van der Waals surface area contributed by atoms with Crippen molar-refractivity contribution in [2.75, 3.05) is 40.5 Å². The lowest BCUT2D eigenvalue weighted by Gasteiger charge is -2.36. The van der Waals surface area contributed by atoms with Crippen LogP contribution in [0.2, 0.25) is 0 Å². The zero-order chi connectivity index (χ0) is 12.9. The molecular weight excluding hydrogens is 216 g/mol. The molecule has 0 bridgehead atoms. The van der Waals surface area contributed by atoms with Crippen LogP contribution in [0.1, 0.15) is 26.7 Å². The van der Waals surface area contributed by atoms with Gasteiger partial charge in [0.2, 0.25) is 0 Å². The monoisotopic (exact) mass is 244 g/mol. The highest BCUT2D eigenvalue weighted by Crippen LogP contribution is 2.38. The van der Waals surface area contributed by atoms with Gasteiger partial charge in [0.1, 0.15) is 0 Å². The topological polar surface area (TPSA) is 47.7 Å². The molecule has 0 saturated heterocycles. The molecule has 1 aliphatic rings. The van der Waals surface area contributed by atoms with E-state index in [1.807, 2.05) is 0 Å². The Morgan fingerprint density at radius 3 is 2.47 bits per heavy atom. The van der Waals surface area contributed by atoms with Crippen LogP contribution in [0.3, 0.4) is 0 Å². The van der Waals surface area contributed by atoms with Crippen molar-refractivity contribution in [2.45, 2.75) is 38.3 Å². The first-order chi connectivity index (χ1) is 8.01. The average molecular weight is 244 g/mol. The number of rotatable bonds is 9. The molecule has 1 saturated carbocycles.